The van der Waals surface area contributed by atoms with Crippen molar-refractivity contribution in [2.24, 2.45) is 0 Å². The van der Waals surface area contributed by atoms with Crippen LogP contribution in [0, 0.1) is 13.8 Å². The summed E-state index contributed by atoms with van der Waals surface area (Å²) in [6, 6.07) is 5.47. The molecule has 3 atom stereocenters. The number of benzene rings is 1. The molecule has 1 aliphatic rings. The Hall–Kier alpha value is -1.56. The summed E-state index contributed by atoms with van der Waals surface area (Å²) in [6.45, 7) is 6.62. The topological polar surface area (TPSA) is 41.1 Å². The number of hydrogen-bond donors (Lipinski definition) is 2. The Morgan fingerprint density at radius 3 is 2.65 bits per heavy atom. The normalized spacial score (nSPS) is 25.2. The molecule has 6 heteroatoms. The summed E-state index contributed by atoms with van der Waals surface area (Å²) in [5.41, 5.74) is 3.38. The van der Waals surface area contributed by atoms with E-state index < -0.39 is 18.1 Å². The number of halogens is 3. The molecule has 1 amide bonds. The van der Waals surface area contributed by atoms with Gasteiger partial charge in [0.15, 0.2) is 0 Å². The van der Waals surface area contributed by atoms with Gasteiger partial charge in [0.2, 0.25) is 0 Å². The first-order chi connectivity index (χ1) is 10.7. The Morgan fingerprint density at radius 1 is 1.35 bits per heavy atom. The fourth-order valence-corrected chi connectivity index (χ4v) is 3.27. The van der Waals surface area contributed by atoms with Crippen LogP contribution in [0.5, 0.6) is 0 Å². The maximum atomic E-state index is 12.5. The van der Waals surface area contributed by atoms with Crippen LogP contribution in [0.3, 0.4) is 0 Å². The van der Waals surface area contributed by atoms with Gasteiger partial charge in [-0.2, -0.15) is 13.2 Å². The van der Waals surface area contributed by atoms with Gasteiger partial charge in [0, 0.05) is 18.6 Å². The van der Waals surface area contributed by atoms with E-state index in [2.05, 4.69) is 16.7 Å². The van der Waals surface area contributed by atoms with Crippen molar-refractivity contribution in [1.29, 1.82) is 0 Å². The summed E-state index contributed by atoms with van der Waals surface area (Å²) in [6.07, 6.45) is -3.66. The Morgan fingerprint density at radius 2 is 2.04 bits per heavy atom. The molecule has 1 heterocycles. The zero-order chi connectivity index (χ0) is 17.2. The number of alkyl halides is 3. The second kappa shape index (κ2) is 6.91. The van der Waals surface area contributed by atoms with E-state index in [1.807, 2.05) is 32.9 Å². The van der Waals surface area contributed by atoms with Crippen molar-refractivity contribution in [1.82, 2.24) is 10.6 Å². The van der Waals surface area contributed by atoms with Crippen LogP contribution in [0.4, 0.5) is 13.2 Å². The molecule has 2 rings (SSSR count). The third kappa shape index (κ3) is 4.25. The van der Waals surface area contributed by atoms with Crippen molar-refractivity contribution in [2.75, 3.05) is 6.54 Å². The van der Waals surface area contributed by atoms with Gasteiger partial charge in [-0.3, -0.25) is 4.79 Å². The fourth-order valence-electron chi connectivity index (χ4n) is 3.27. The predicted octanol–water partition coefficient (Wildman–Crippen LogP) is 3.21. The van der Waals surface area contributed by atoms with Crippen LogP contribution >= 0.6 is 0 Å². The zero-order valence-corrected chi connectivity index (χ0v) is 13.6. The Bertz CT molecular complexity index is 571. The third-order valence-corrected chi connectivity index (χ3v) is 4.54. The minimum atomic E-state index is -4.84. The van der Waals surface area contributed by atoms with E-state index in [0.29, 0.717) is 19.4 Å². The molecular formula is C17H23F3N2O. The second-order valence-corrected chi connectivity index (χ2v) is 6.29. The van der Waals surface area contributed by atoms with E-state index in [1.165, 1.54) is 0 Å². The Kier molecular flexibility index (Phi) is 5.34. The highest BCUT2D eigenvalue weighted by Crippen LogP contribution is 2.30. The molecule has 1 saturated heterocycles. The quantitative estimate of drug-likeness (QED) is 0.895. The summed E-state index contributed by atoms with van der Waals surface area (Å²) >= 11 is 0. The van der Waals surface area contributed by atoms with Crippen LogP contribution in [0.25, 0.3) is 0 Å². The van der Waals surface area contributed by atoms with Crippen LogP contribution in [0.1, 0.15) is 42.4 Å². The Balaban J connectivity index is 2.17. The molecule has 0 bridgehead atoms. The summed E-state index contributed by atoms with van der Waals surface area (Å²) in [4.78, 5) is 11.3. The monoisotopic (exact) mass is 328 g/mol. The van der Waals surface area contributed by atoms with Gasteiger partial charge in [-0.15, -0.1) is 0 Å². The lowest BCUT2D eigenvalue weighted by Gasteiger charge is -2.38. The van der Waals surface area contributed by atoms with Crippen molar-refractivity contribution in [3.8, 4) is 0 Å². The standard InChI is InChI=1S/C17H23F3N2O/c1-4-14-15(22-16(23)17(18,19)20)8-12(9-21-14)13-7-10(2)5-6-11(13)3/h5-7,12,14-15,21H,4,8-9H2,1-3H3,(H,22,23). The molecule has 1 aromatic carbocycles. The van der Waals surface area contributed by atoms with Gasteiger partial charge in [0.05, 0.1) is 0 Å². The number of hydrogen-bond acceptors (Lipinski definition) is 2. The average molecular weight is 328 g/mol. The van der Waals surface area contributed by atoms with Crippen LogP contribution < -0.4 is 10.6 Å². The molecule has 1 aliphatic heterocycles. The highest BCUT2D eigenvalue weighted by molar-refractivity contribution is 5.82. The number of aryl methyl sites for hydroxylation is 2. The first-order valence-electron chi connectivity index (χ1n) is 7.90. The van der Waals surface area contributed by atoms with Gasteiger partial charge in [0.1, 0.15) is 0 Å². The van der Waals surface area contributed by atoms with Gasteiger partial charge >= 0.3 is 12.1 Å². The number of piperidine rings is 1. The first-order valence-corrected chi connectivity index (χ1v) is 7.90. The van der Waals surface area contributed by atoms with Crippen molar-refractivity contribution < 1.29 is 18.0 Å². The average Bonchev–Trinajstić information content (AvgIpc) is 2.48. The van der Waals surface area contributed by atoms with E-state index in [1.54, 1.807) is 0 Å². The van der Waals surface area contributed by atoms with E-state index >= 15 is 0 Å². The number of amides is 1. The third-order valence-electron chi connectivity index (χ3n) is 4.54. The van der Waals surface area contributed by atoms with E-state index in [0.717, 1.165) is 16.7 Å². The highest BCUT2D eigenvalue weighted by Gasteiger charge is 2.42. The van der Waals surface area contributed by atoms with Crippen LogP contribution in [0.2, 0.25) is 0 Å². The largest absolute Gasteiger partial charge is 0.471 e. The molecule has 0 aromatic heterocycles. The minimum absolute atomic E-state index is 0.0937. The van der Waals surface area contributed by atoms with Crippen LogP contribution in [-0.4, -0.2) is 30.7 Å². The van der Waals surface area contributed by atoms with Gasteiger partial charge in [-0.25, -0.2) is 0 Å². The van der Waals surface area contributed by atoms with Crippen molar-refractivity contribution >= 4 is 5.91 Å². The summed E-state index contributed by atoms with van der Waals surface area (Å²) in [7, 11) is 0. The molecule has 128 valence electrons. The van der Waals surface area contributed by atoms with E-state index in [-0.39, 0.29) is 12.0 Å². The molecule has 23 heavy (non-hydrogen) atoms. The number of rotatable bonds is 3. The molecule has 1 fully saturated rings. The lowest BCUT2D eigenvalue weighted by Crippen LogP contribution is -2.57. The first kappa shape index (κ1) is 17.8. The molecule has 1 aromatic rings. The summed E-state index contributed by atoms with van der Waals surface area (Å²) in [5, 5.41) is 5.46. The maximum Gasteiger partial charge on any atom is 0.471 e. The Labute approximate surface area is 134 Å². The number of nitrogens with one attached hydrogen (secondary N) is 2. The maximum absolute atomic E-state index is 12.5. The minimum Gasteiger partial charge on any atom is -0.344 e. The van der Waals surface area contributed by atoms with Crippen molar-refractivity contribution in [3.05, 3.63) is 34.9 Å². The smallest absolute Gasteiger partial charge is 0.344 e. The van der Waals surface area contributed by atoms with E-state index in [9.17, 15) is 18.0 Å². The van der Waals surface area contributed by atoms with Crippen molar-refractivity contribution in [2.45, 2.75) is 57.8 Å². The molecule has 0 saturated carbocycles. The van der Waals surface area contributed by atoms with Crippen molar-refractivity contribution in [3.63, 3.8) is 0 Å². The van der Waals surface area contributed by atoms with Gasteiger partial charge in [-0.1, -0.05) is 30.7 Å². The molecule has 0 radical (unpaired) electrons. The lowest BCUT2D eigenvalue weighted by molar-refractivity contribution is -0.174. The second-order valence-electron chi connectivity index (χ2n) is 6.29. The molecule has 3 unspecified atom stereocenters. The van der Waals surface area contributed by atoms with Crippen LogP contribution in [0.15, 0.2) is 18.2 Å². The zero-order valence-electron chi connectivity index (χ0n) is 13.6. The predicted molar refractivity (Wildman–Crippen MR) is 83.3 cm³/mol. The molecule has 0 aliphatic carbocycles. The number of carbonyl (C=O) groups is 1. The number of carbonyl (C=O) groups excluding carboxylic acids is 1. The van der Waals surface area contributed by atoms with Gasteiger partial charge < -0.3 is 10.6 Å². The highest BCUT2D eigenvalue weighted by atomic mass is 19.4. The molecule has 0 spiro atoms. The molecule has 3 nitrogen and oxygen atoms in total. The SMILES string of the molecule is CCC1NCC(c2cc(C)ccc2C)CC1NC(=O)C(F)(F)F. The van der Waals surface area contributed by atoms with E-state index in [4.69, 9.17) is 0 Å². The summed E-state index contributed by atoms with van der Waals surface area (Å²) in [5.74, 6) is -1.76. The fraction of sp³-hybridized carbons (Fsp3) is 0.588. The van der Waals surface area contributed by atoms with Gasteiger partial charge in [0.25, 0.3) is 0 Å². The molecule has 2 N–H and O–H groups in total. The van der Waals surface area contributed by atoms with Gasteiger partial charge in [-0.05, 0) is 43.7 Å². The van der Waals surface area contributed by atoms with Crippen LogP contribution in [-0.2, 0) is 4.79 Å². The lowest BCUT2D eigenvalue weighted by atomic mass is 9.82. The summed E-state index contributed by atoms with van der Waals surface area (Å²) < 4.78 is 37.6. The molecular weight excluding hydrogens is 305 g/mol.